The molecule has 0 spiro atoms. The van der Waals surface area contributed by atoms with Crippen molar-refractivity contribution in [1.29, 1.82) is 0 Å². The van der Waals surface area contributed by atoms with Crippen LogP contribution in [0, 0.1) is 0 Å². The number of anilines is 1. The van der Waals surface area contributed by atoms with E-state index in [2.05, 4.69) is 11.6 Å². The molecular weight excluding hydrogens is 172 g/mol. The van der Waals surface area contributed by atoms with Crippen molar-refractivity contribution < 1.29 is 0 Å². The highest BCUT2D eigenvalue weighted by Crippen LogP contribution is 2.23. The van der Waals surface area contributed by atoms with Gasteiger partial charge in [-0.1, -0.05) is 12.1 Å². The fourth-order valence-corrected chi connectivity index (χ4v) is 1.62. The predicted octanol–water partition coefficient (Wildman–Crippen LogP) is 2.55. The standard InChI is InChI=1S/C12H12N2/c1-2-3-11-10-6-7-14-8-9(10)4-5-12(11)13/h2,4-8H,1,3,13H2. The Morgan fingerprint density at radius 2 is 2.21 bits per heavy atom. The van der Waals surface area contributed by atoms with Crippen molar-refractivity contribution in [3.63, 3.8) is 0 Å². The van der Waals surface area contributed by atoms with Crippen molar-refractivity contribution in [2.75, 3.05) is 5.73 Å². The Labute approximate surface area is 83.1 Å². The number of aromatic nitrogens is 1. The lowest BCUT2D eigenvalue weighted by Gasteiger charge is -2.07. The normalized spacial score (nSPS) is 10.3. The zero-order chi connectivity index (χ0) is 9.97. The minimum atomic E-state index is 0.799. The van der Waals surface area contributed by atoms with Crippen molar-refractivity contribution in [2.45, 2.75) is 6.42 Å². The number of benzene rings is 1. The molecule has 0 radical (unpaired) electrons. The van der Waals surface area contributed by atoms with Crippen LogP contribution in [0.1, 0.15) is 5.56 Å². The topological polar surface area (TPSA) is 38.9 Å². The quantitative estimate of drug-likeness (QED) is 0.575. The van der Waals surface area contributed by atoms with Gasteiger partial charge >= 0.3 is 0 Å². The minimum absolute atomic E-state index is 0.799. The van der Waals surface area contributed by atoms with Crippen LogP contribution in [0.2, 0.25) is 0 Å². The molecule has 0 aliphatic rings. The molecule has 1 aromatic carbocycles. The first-order valence-corrected chi connectivity index (χ1v) is 4.55. The maximum absolute atomic E-state index is 5.90. The summed E-state index contributed by atoms with van der Waals surface area (Å²) >= 11 is 0. The van der Waals surface area contributed by atoms with Crippen LogP contribution in [0.3, 0.4) is 0 Å². The second-order valence-corrected chi connectivity index (χ2v) is 3.22. The molecule has 0 saturated carbocycles. The zero-order valence-corrected chi connectivity index (χ0v) is 7.90. The summed E-state index contributed by atoms with van der Waals surface area (Å²) in [6.45, 7) is 3.73. The van der Waals surface area contributed by atoms with E-state index < -0.39 is 0 Å². The van der Waals surface area contributed by atoms with Crippen LogP contribution in [0.15, 0.2) is 43.2 Å². The van der Waals surface area contributed by atoms with Gasteiger partial charge in [-0.3, -0.25) is 4.98 Å². The number of rotatable bonds is 2. The van der Waals surface area contributed by atoms with E-state index in [0.717, 1.165) is 23.1 Å². The van der Waals surface area contributed by atoms with Gasteiger partial charge < -0.3 is 5.73 Å². The lowest BCUT2D eigenvalue weighted by molar-refractivity contribution is 1.29. The van der Waals surface area contributed by atoms with Gasteiger partial charge in [0.15, 0.2) is 0 Å². The molecule has 70 valence electrons. The number of nitrogens with two attached hydrogens (primary N) is 1. The number of nitrogen functional groups attached to an aromatic ring is 1. The summed E-state index contributed by atoms with van der Waals surface area (Å²) in [4.78, 5) is 4.08. The summed E-state index contributed by atoms with van der Waals surface area (Å²) in [5.74, 6) is 0. The number of nitrogens with zero attached hydrogens (tertiary/aromatic N) is 1. The van der Waals surface area contributed by atoms with E-state index in [9.17, 15) is 0 Å². The molecule has 0 saturated heterocycles. The van der Waals surface area contributed by atoms with E-state index >= 15 is 0 Å². The van der Waals surface area contributed by atoms with Crippen LogP contribution >= 0.6 is 0 Å². The smallest absolute Gasteiger partial charge is 0.0356 e. The van der Waals surface area contributed by atoms with E-state index in [0.29, 0.717) is 0 Å². The van der Waals surface area contributed by atoms with Gasteiger partial charge in [-0.2, -0.15) is 0 Å². The third-order valence-corrected chi connectivity index (χ3v) is 2.32. The van der Waals surface area contributed by atoms with Crippen LogP contribution in [0.25, 0.3) is 10.8 Å². The molecule has 0 unspecified atom stereocenters. The van der Waals surface area contributed by atoms with Gasteiger partial charge in [0.1, 0.15) is 0 Å². The molecule has 1 heterocycles. The van der Waals surface area contributed by atoms with Crippen LogP contribution in [0.5, 0.6) is 0 Å². The molecule has 0 atom stereocenters. The summed E-state index contributed by atoms with van der Waals surface area (Å²) in [6, 6.07) is 5.90. The van der Waals surface area contributed by atoms with E-state index in [1.807, 2.05) is 30.5 Å². The Kier molecular flexibility index (Phi) is 2.19. The fraction of sp³-hybridized carbons (Fsp3) is 0.0833. The van der Waals surface area contributed by atoms with Crippen LogP contribution in [0.4, 0.5) is 5.69 Å². The summed E-state index contributed by atoms with van der Waals surface area (Å²) in [7, 11) is 0. The molecule has 14 heavy (non-hydrogen) atoms. The number of hydrogen-bond donors (Lipinski definition) is 1. The first-order chi connectivity index (χ1) is 6.83. The predicted molar refractivity (Wildman–Crippen MR) is 60.1 cm³/mol. The molecule has 2 N–H and O–H groups in total. The molecule has 0 aliphatic carbocycles. The first-order valence-electron chi connectivity index (χ1n) is 4.55. The molecule has 2 aromatic rings. The summed E-state index contributed by atoms with van der Waals surface area (Å²) in [5, 5.41) is 2.29. The average Bonchev–Trinajstić information content (AvgIpc) is 2.23. The van der Waals surface area contributed by atoms with Gasteiger partial charge in [-0.05, 0) is 29.5 Å². The van der Waals surface area contributed by atoms with Crippen LogP contribution in [-0.4, -0.2) is 4.98 Å². The molecule has 2 heteroatoms. The van der Waals surface area contributed by atoms with Gasteiger partial charge in [0.25, 0.3) is 0 Å². The van der Waals surface area contributed by atoms with E-state index in [-0.39, 0.29) is 0 Å². The second-order valence-electron chi connectivity index (χ2n) is 3.22. The zero-order valence-electron chi connectivity index (χ0n) is 7.90. The Morgan fingerprint density at radius 1 is 1.36 bits per heavy atom. The highest BCUT2D eigenvalue weighted by atomic mass is 14.6. The van der Waals surface area contributed by atoms with E-state index in [1.54, 1.807) is 6.20 Å². The van der Waals surface area contributed by atoms with Gasteiger partial charge in [0, 0.05) is 23.5 Å². The maximum Gasteiger partial charge on any atom is 0.0356 e. The number of pyridine rings is 1. The largest absolute Gasteiger partial charge is 0.398 e. The van der Waals surface area contributed by atoms with Gasteiger partial charge in [-0.15, -0.1) is 6.58 Å². The van der Waals surface area contributed by atoms with Crippen molar-refractivity contribution in [3.05, 3.63) is 48.8 Å². The highest BCUT2D eigenvalue weighted by molar-refractivity contribution is 5.89. The number of fused-ring (bicyclic) bond motifs is 1. The average molecular weight is 184 g/mol. The van der Waals surface area contributed by atoms with Crippen LogP contribution < -0.4 is 5.73 Å². The van der Waals surface area contributed by atoms with E-state index in [1.165, 1.54) is 5.39 Å². The van der Waals surface area contributed by atoms with Crippen molar-refractivity contribution >= 4 is 16.5 Å². The number of allylic oxidation sites excluding steroid dienone is 1. The lowest BCUT2D eigenvalue weighted by Crippen LogP contribution is -1.94. The van der Waals surface area contributed by atoms with Crippen LogP contribution in [-0.2, 0) is 6.42 Å². The summed E-state index contributed by atoms with van der Waals surface area (Å²) in [5.41, 5.74) is 7.87. The first kappa shape index (κ1) is 8.75. The molecule has 0 aliphatic heterocycles. The third-order valence-electron chi connectivity index (χ3n) is 2.32. The molecule has 2 rings (SSSR count). The Bertz CT molecular complexity index is 475. The molecule has 0 fully saturated rings. The molecule has 2 nitrogen and oxygen atoms in total. The summed E-state index contributed by atoms with van der Waals surface area (Å²) in [6.07, 6.45) is 6.30. The van der Waals surface area contributed by atoms with Gasteiger partial charge in [0.2, 0.25) is 0 Å². The number of hydrogen-bond acceptors (Lipinski definition) is 2. The fourth-order valence-electron chi connectivity index (χ4n) is 1.62. The van der Waals surface area contributed by atoms with Crippen molar-refractivity contribution in [2.24, 2.45) is 0 Å². The van der Waals surface area contributed by atoms with E-state index in [4.69, 9.17) is 5.73 Å². The molecular formula is C12H12N2. The Morgan fingerprint density at radius 3 is 3.00 bits per heavy atom. The molecule has 0 bridgehead atoms. The second kappa shape index (κ2) is 3.50. The summed E-state index contributed by atoms with van der Waals surface area (Å²) < 4.78 is 0. The Balaban J connectivity index is 2.75. The minimum Gasteiger partial charge on any atom is -0.398 e. The van der Waals surface area contributed by atoms with Crippen molar-refractivity contribution in [1.82, 2.24) is 4.98 Å². The molecule has 0 amide bonds. The maximum atomic E-state index is 5.90. The SMILES string of the molecule is C=CCc1c(N)ccc2cnccc12. The van der Waals surface area contributed by atoms with Gasteiger partial charge in [0.05, 0.1) is 0 Å². The molecule has 1 aromatic heterocycles. The van der Waals surface area contributed by atoms with Crippen molar-refractivity contribution in [3.8, 4) is 0 Å². The lowest BCUT2D eigenvalue weighted by atomic mass is 10.0. The monoisotopic (exact) mass is 184 g/mol. The highest BCUT2D eigenvalue weighted by Gasteiger charge is 2.02. The Hall–Kier alpha value is -1.83. The van der Waals surface area contributed by atoms with Gasteiger partial charge in [-0.25, -0.2) is 0 Å². The third kappa shape index (κ3) is 1.35.